The number of rotatable bonds is 8. The molecule has 0 atom stereocenters. The van der Waals surface area contributed by atoms with Gasteiger partial charge in [-0.25, -0.2) is 0 Å². The van der Waals surface area contributed by atoms with E-state index < -0.39 is 6.29 Å². The third kappa shape index (κ3) is 5.38. The Morgan fingerprint density at radius 1 is 1.06 bits per heavy atom. The Kier molecular flexibility index (Phi) is 7.56. The molecule has 3 rings (SSSR count). The van der Waals surface area contributed by atoms with Crippen molar-refractivity contribution in [2.24, 2.45) is 0 Å². The first-order valence-corrected chi connectivity index (χ1v) is 10.2. The summed E-state index contributed by atoms with van der Waals surface area (Å²) in [6, 6.07) is 10.6. The highest BCUT2D eigenvalue weighted by molar-refractivity contribution is 8.04. The molecule has 8 nitrogen and oxygen atoms in total. The first-order valence-electron chi connectivity index (χ1n) is 9.39. The van der Waals surface area contributed by atoms with Gasteiger partial charge in [0, 0.05) is 24.7 Å². The molecule has 0 fully saturated rings. The summed E-state index contributed by atoms with van der Waals surface area (Å²) in [5, 5.41) is 5.59. The van der Waals surface area contributed by atoms with Gasteiger partial charge in [0.05, 0.1) is 31.4 Å². The van der Waals surface area contributed by atoms with Crippen molar-refractivity contribution in [1.82, 2.24) is 5.32 Å². The zero-order valence-electron chi connectivity index (χ0n) is 17.7. The molecule has 0 bridgehead atoms. The van der Waals surface area contributed by atoms with Crippen molar-refractivity contribution in [3.63, 3.8) is 0 Å². The number of benzene rings is 2. The van der Waals surface area contributed by atoms with Crippen molar-refractivity contribution >= 4 is 35.3 Å². The smallest absolute Gasteiger partial charge is 0.262 e. The van der Waals surface area contributed by atoms with E-state index in [2.05, 4.69) is 10.6 Å². The van der Waals surface area contributed by atoms with E-state index >= 15 is 0 Å². The van der Waals surface area contributed by atoms with Gasteiger partial charge in [0.15, 0.2) is 17.8 Å². The predicted octanol–water partition coefficient (Wildman–Crippen LogP) is 3.14. The molecule has 2 amide bonds. The normalized spacial score (nSPS) is 14.2. The van der Waals surface area contributed by atoms with Gasteiger partial charge in [0.25, 0.3) is 11.8 Å². The van der Waals surface area contributed by atoms with E-state index in [0.29, 0.717) is 27.7 Å². The lowest BCUT2D eigenvalue weighted by Gasteiger charge is -2.20. The molecule has 1 aliphatic heterocycles. The maximum atomic E-state index is 12.6. The predicted molar refractivity (Wildman–Crippen MR) is 119 cm³/mol. The fraction of sp³-hybridized carbons (Fsp3) is 0.273. The van der Waals surface area contributed by atoms with Crippen LogP contribution < -0.4 is 20.1 Å². The Bertz CT molecular complexity index is 1000. The van der Waals surface area contributed by atoms with Crippen LogP contribution in [-0.2, 0) is 14.3 Å². The van der Waals surface area contributed by atoms with E-state index in [1.807, 2.05) is 6.07 Å². The van der Waals surface area contributed by atoms with Gasteiger partial charge in [0.1, 0.15) is 0 Å². The zero-order valence-corrected chi connectivity index (χ0v) is 18.5. The second-order valence-electron chi connectivity index (χ2n) is 6.50. The summed E-state index contributed by atoms with van der Waals surface area (Å²) in [5.74, 6) is 0.665. The third-order valence-electron chi connectivity index (χ3n) is 4.59. The summed E-state index contributed by atoms with van der Waals surface area (Å²) >= 11 is 1.33. The quantitative estimate of drug-likeness (QED) is 0.477. The van der Waals surface area contributed by atoms with Crippen LogP contribution in [0.2, 0.25) is 0 Å². The van der Waals surface area contributed by atoms with Crippen LogP contribution in [0.4, 0.5) is 5.69 Å². The molecule has 0 aliphatic carbocycles. The summed E-state index contributed by atoms with van der Waals surface area (Å²) in [4.78, 5) is 26.4. The lowest BCUT2D eigenvalue weighted by atomic mass is 10.1. The second kappa shape index (κ2) is 10.3. The van der Waals surface area contributed by atoms with Gasteiger partial charge in [0.2, 0.25) is 0 Å². The molecule has 0 saturated carbocycles. The topological polar surface area (TPSA) is 95.1 Å². The highest BCUT2D eigenvalue weighted by Gasteiger charge is 2.22. The number of anilines is 1. The maximum Gasteiger partial charge on any atom is 0.262 e. The first-order chi connectivity index (χ1) is 15.0. The van der Waals surface area contributed by atoms with Crippen LogP contribution in [0, 0.1) is 0 Å². The molecule has 1 heterocycles. The molecule has 0 saturated heterocycles. The van der Waals surface area contributed by atoms with Gasteiger partial charge in [-0.05, 0) is 42.0 Å². The molecule has 31 heavy (non-hydrogen) atoms. The number of hydrogen-bond donors (Lipinski definition) is 2. The SMILES string of the molecule is COc1ccc(/C=C2/Sc3ccc(C(=O)NCC(OC)OC)cc3NC2=O)cc1OC. The van der Waals surface area contributed by atoms with E-state index in [9.17, 15) is 9.59 Å². The Labute approximate surface area is 184 Å². The van der Waals surface area contributed by atoms with E-state index in [-0.39, 0.29) is 18.4 Å². The van der Waals surface area contributed by atoms with Crippen LogP contribution in [0.3, 0.4) is 0 Å². The molecule has 2 aromatic rings. The molecule has 2 N–H and O–H groups in total. The molecule has 1 aliphatic rings. The Morgan fingerprint density at radius 2 is 1.81 bits per heavy atom. The number of hydrogen-bond acceptors (Lipinski definition) is 7. The Morgan fingerprint density at radius 3 is 2.48 bits per heavy atom. The average Bonchev–Trinajstić information content (AvgIpc) is 2.79. The zero-order chi connectivity index (χ0) is 22.4. The van der Waals surface area contributed by atoms with Gasteiger partial charge < -0.3 is 29.6 Å². The fourth-order valence-electron chi connectivity index (χ4n) is 2.94. The molecular weight excluding hydrogens is 420 g/mol. The summed E-state index contributed by atoms with van der Waals surface area (Å²) in [6.07, 6.45) is 1.25. The molecule has 0 unspecified atom stereocenters. The second-order valence-corrected chi connectivity index (χ2v) is 7.58. The van der Waals surface area contributed by atoms with Crippen molar-refractivity contribution in [2.75, 3.05) is 40.3 Å². The molecule has 164 valence electrons. The van der Waals surface area contributed by atoms with E-state index in [1.54, 1.807) is 50.6 Å². The number of nitrogens with one attached hydrogen (secondary N) is 2. The van der Waals surface area contributed by atoms with Crippen LogP contribution in [0.1, 0.15) is 15.9 Å². The molecule has 9 heteroatoms. The summed E-state index contributed by atoms with van der Waals surface area (Å²) in [5.41, 5.74) is 1.82. The minimum Gasteiger partial charge on any atom is -0.493 e. The summed E-state index contributed by atoms with van der Waals surface area (Å²) < 4.78 is 20.7. The Hall–Kier alpha value is -3.01. The van der Waals surface area contributed by atoms with Crippen molar-refractivity contribution in [1.29, 1.82) is 0 Å². The number of thioether (sulfide) groups is 1. The van der Waals surface area contributed by atoms with Gasteiger partial charge in [-0.15, -0.1) is 0 Å². The lowest BCUT2D eigenvalue weighted by Crippen LogP contribution is -2.34. The number of carbonyl (C=O) groups excluding carboxylic acids is 2. The average molecular weight is 445 g/mol. The van der Waals surface area contributed by atoms with Crippen molar-refractivity contribution in [3.8, 4) is 11.5 Å². The summed E-state index contributed by atoms with van der Waals surface area (Å²) in [7, 11) is 6.13. The molecule has 2 aromatic carbocycles. The van der Waals surface area contributed by atoms with E-state index in [0.717, 1.165) is 10.5 Å². The van der Waals surface area contributed by atoms with Crippen LogP contribution in [0.5, 0.6) is 11.5 Å². The van der Waals surface area contributed by atoms with E-state index in [4.69, 9.17) is 18.9 Å². The monoisotopic (exact) mass is 444 g/mol. The summed E-state index contributed by atoms with van der Waals surface area (Å²) in [6.45, 7) is 0.211. The van der Waals surface area contributed by atoms with Gasteiger partial charge >= 0.3 is 0 Å². The fourth-order valence-corrected chi connectivity index (χ4v) is 3.87. The van der Waals surface area contributed by atoms with Gasteiger partial charge in [-0.3, -0.25) is 9.59 Å². The number of amides is 2. The minimum absolute atomic E-state index is 0.211. The first kappa shape index (κ1) is 22.7. The van der Waals surface area contributed by atoms with Crippen LogP contribution >= 0.6 is 11.8 Å². The maximum absolute atomic E-state index is 12.6. The molecule has 0 spiro atoms. The molecule has 0 radical (unpaired) electrons. The lowest BCUT2D eigenvalue weighted by molar-refractivity contribution is -0.112. The van der Waals surface area contributed by atoms with Gasteiger partial charge in [-0.1, -0.05) is 17.8 Å². The van der Waals surface area contributed by atoms with Gasteiger partial charge in [-0.2, -0.15) is 0 Å². The highest BCUT2D eigenvalue weighted by Crippen LogP contribution is 2.40. The van der Waals surface area contributed by atoms with Crippen LogP contribution in [0.15, 0.2) is 46.2 Å². The minimum atomic E-state index is -0.527. The number of ether oxygens (including phenoxy) is 4. The number of fused-ring (bicyclic) bond motifs is 1. The molecule has 0 aromatic heterocycles. The van der Waals surface area contributed by atoms with Crippen LogP contribution in [0.25, 0.3) is 6.08 Å². The Balaban J connectivity index is 1.76. The van der Waals surface area contributed by atoms with E-state index in [1.165, 1.54) is 26.0 Å². The standard InChI is InChI=1S/C22H24N2O6S/c1-27-16-7-5-13(9-17(16)28-2)10-19-22(26)24-15-11-14(6-8-18(15)31-19)21(25)23-12-20(29-3)30-4/h5-11,20H,12H2,1-4H3,(H,23,25)(H,24,26)/b19-10+. The van der Waals surface area contributed by atoms with Crippen molar-refractivity contribution in [2.45, 2.75) is 11.2 Å². The third-order valence-corrected chi connectivity index (χ3v) is 5.69. The largest absolute Gasteiger partial charge is 0.493 e. The van der Waals surface area contributed by atoms with Crippen molar-refractivity contribution < 1.29 is 28.5 Å². The van der Waals surface area contributed by atoms with Crippen LogP contribution in [-0.4, -0.2) is 53.1 Å². The van der Waals surface area contributed by atoms with Crippen molar-refractivity contribution in [3.05, 3.63) is 52.4 Å². The molecular formula is C22H24N2O6S. The number of methoxy groups -OCH3 is 4. The number of carbonyl (C=O) groups is 2. The highest BCUT2D eigenvalue weighted by atomic mass is 32.2.